The molecule has 1 aliphatic rings. The number of aromatic hydroxyl groups is 1. The molecule has 6 heteroatoms. The highest BCUT2D eigenvalue weighted by molar-refractivity contribution is 9.11. The number of hydrogen-bond donors (Lipinski definition) is 2. The number of halogens is 3. The highest BCUT2D eigenvalue weighted by Crippen LogP contribution is 2.41. The van der Waals surface area contributed by atoms with E-state index in [1.54, 1.807) is 12.1 Å². The Morgan fingerprint density at radius 1 is 1.19 bits per heavy atom. The third-order valence-electron chi connectivity index (χ3n) is 3.11. The highest BCUT2D eigenvalue weighted by atomic mass is 79.9. The molecule has 3 rings (SSSR count). The lowest BCUT2D eigenvalue weighted by Gasteiger charge is -2.03. The number of phenols is 1. The van der Waals surface area contributed by atoms with Gasteiger partial charge in [0.05, 0.1) is 10.7 Å². The van der Waals surface area contributed by atoms with Crippen molar-refractivity contribution in [3.8, 4) is 5.75 Å². The first-order valence-corrected chi connectivity index (χ1v) is 7.93. The Balaban J connectivity index is 2.16. The van der Waals surface area contributed by atoms with E-state index in [9.17, 15) is 9.90 Å². The number of phenolic OH excluding ortho intramolecular Hbond substituents is 1. The van der Waals surface area contributed by atoms with Gasteiger partial charge in [0, 0.05) is 20.1 Å². The van der Waals surface area contributed by atoms with Crippen LogP contribution < -0.4 is 5.32 Å². The summed E-state index contributed by atoms with van der Waals surface area (Å²) in [5, 5.41) is 12.6. The Morgan fingerprint density at radius 2 is 1.95 bits per heavy atom. The molecule has 2 N–H and O–H groups in total. The van der Waals surface area contributed by atoms with Gasteiger partial charge in [-0.3, -0.25) is 4.79 Å². The molecule has 0 aliphatic carbocycles. The molecule has 1 amide bonds. The Morgan fingerprint density at radius 3 is 2.67 bits per heavy atom. The smallest absolute Gasteiger partial charge is 0.256 e. The molecular weight excluding hydrogens is 421 g/mol. The van der Waals surface area contributed by atoms with Crippen LogP contribution in [0.2, 0.25) is 5.02 Å². The number of benzene rings is 2. The van der Waals surface area contributed by atoms with Gasteiger partial charge in [-0.25, -0.2) is 0 Å². The van der Waals surface area contributed by atoms with Crippen molar-refractivity contribution >= 4 is 66.7 Å². The van der Waals surface area contributed by atoms with Crippen LogP contribution in [0, 0.1) is 0 Å². The summed E-state index contributed by atoms with van der Waals surface area (Å²) in [6.07, 6.45) is 1.71. The maximum atomic E-state index is 12.2. The molecule has 0 aromatic heterocycles. The van der Waals surface area contributed by atoms with Crippen molar-refractivity contribution in [2.24, 2.45) is 0 Å². The number of amides is 1. The van der Waals surface area contributed by atoms with Crippen LogP contribution in [0.25, 0.3) is 11.6 Å². The monoisotopic (exact) mass is 427 g/mol. The fraction of sp³-hybridized carbons (Fsp3) is 0. The predicted octanol–water partition coefficient (Wildman–Crippen LogP) is 5.06. The minimum Gasteiger partial charge on any atom is -0.508 e. The van der Waals surface area contributed by atoms with E-state index in [0.717, 1.165) is 20.2 Å². The van der Waals surface area contributed by atoms with Crippen molar-refractivity contribution in [2.45, 2.75) is 0 Å². The van der Waals surface area contributed by atoms with E-state index in [1.807, 2.05) is 12.1 Å². The van der Waals surface area contributed by atoms with Gasteiger partial charge in [0.1, 0.15) is 5.75 Å². The van der Waals surface area contributed by atoms with Crippen LogP contribution in [-0.4, -0.2) is 11.0 Å². The van der Waals surface area contributed by atoms with Crippen LogP contribution in [-0.2, 0) is 4.79 Å². The summed E-state index contributed by atoms with van der Waals surface area (Å²) in [6, 6.07) is 8.39. The second-order valence-corrected chi connectivity index (χ2v) is 6.71. The zero-order valence-corrected chi connectivity index (χ0v) is 14.4. The lowest BCUT2D eigenvalue weighted by Crippen LogP contribution is -2.03. The van der Waals surface area contributed by atoms with Crippen molar-refractivity contribution in [2.75, 3.05) is 5.32 Å². The second kappa shape index (κ2) is 5.48. The number of carbonyl (C=O) groups excluding carboxylic acids is 1. The van der Waals surface area contributed by atoms with E-state index < -0.39 is 0 Å². The fourth-order valence-electron chi connectivity index (χ4n) is 2.15. The van der Waals surface area contributed by atoms with Gasteiger partial charge in [-0.05, 0) is 57.9 Å². The highest BCUT2D eigenvalue weighted by Gasteiger charge is 2.26. The second-order valence-electron chi connectivity index (χ2n) is 4.53. The van der Waals surface area contributed by atoms with Crippen LogP contribution in [0.5, 0.6) is 5.75 Å². The van der Waals surface area contributed by atoms with E-state index in [1.165, 1.54) is 12.1 Å². The number of fused-ring (bicyclic) bond motifs is 1. The number of carbonyl (C=O) groups is 1. The van der Waals surface area contributed by atoms with Crippen molar-refractivity contribution in [1.82, 2.24) is 0 Å². The molecule has 0 fully saturated rings. The largest absolute Gasteiger partial charge is 0.508 e. The van der Waals surface area contributed by atoms with Gasteiger partial charge in [0.15, 0.2) is 0 Å². The SMILES string of the molecule is O=C1Nc2c(Br)cc(Br)cc2C1=Cc1ccc(O)cc1Cl. The minimum atomic E-state index is -0.187. The summed E-state index contributed by atoms with van der Waals surface area (Å²) in [6.45, 7) is 0. The van der Waals surface area contributed by atoms with Crippen molar-refractivity contribution in [1.29, 1.82) is 0 Å². The Labute approximate surface area is 142 Å². The van der Waals surface area contributed by atoms with Crippen LogP contribution >= 0.6 is 43.5 Å². The lowest BCUT2D eigenvalue weighted by atomic mass is 10.0. The molecule has 0 radical (unpaired) electrons. The number of nitrogens with one attached hydrogen (secondary N) is 1. The molecule has 0 saturated heterocycles. The molecule has 3 nitrogen and oxygen atoms in total. The van der Waals surface area contributed by atoms with Crippen molar-refractivity contribution in [3.05, 3.63) is 55.4 Å². The first-order chi connectivity index (χ1) is 9.95. The number of rotatable bonds is 1. The summed E-state index contributed by atoms with van der Waals surface area (Å²) in [7, 11) is 0. The molecular formula is C15H8Br2ClNO2. The summed E-state index contributed by atoms with van der Waals surface area (Å²) in [5.74, 6) is -0.100. The van der Waals surface area contributed by atoms with Gasteiger partial charge < -0.3 is 10.4 Å². The molecule has 0 spiro atoms. The van der Waals surface area contributed by atoms with Crippen LogP contribution in [0.4, 0.5) is 5.69 Å². The average Bonchev–Trinajstić information content (AvgIpc) is 2.70. The molecule has 2 aromatic rings. The van der Waals surface area contributed by atoms with Gasteiger partial charge in [-0.1, -0.05) is 27.5 Å². The third kappa shape index (κ3) is 2.73. The van der Waals surface area contributed by atoms with E-state index in [-0.39, 0.29) is 11.7 Å². The number of anilines is 1. The molecule has 0 saturated carbocycles. The van der Waals surface area contributed by atoms with Crippen LogP contribution in [0.15, 0.2) is 39.3 Å². The molecule has 0 bridgehead atoms. The van der Waals surface area contributed by atoms with Gasteiger partial charge in [0.2, 0.25) is 0 Å². The molecule has 1 aliphatic heterocycles. The fourth-order valence-corrected chi connectivity index (χ4v) is 3.70. The molecule has 1 heterocycles. The molecule has 106 valence electrons. The molecule has 0 unspecified atom stereocenters. The maximum absolute atomic E-state index is 12.2. The van der Waals surface area contributed by atoms with E-state index in [0.29, 0.717) is 16.2 Å². The van der Waals surface area contributed by atoms with Crippen molar-refractivity contribution < 1.29 is 9.90 Å². The quantitative estimate of drug-likeness (QED) is 0.623. The standard InChI is InChI=1S/C15H8Br2ClNO2/c16-8-4-10-11(15(21)19-14(10)12(17)5-8)3-7-1-2-9(20)6-13(7)18/h1-6,20H,(H,19,21). The summed E-state index contributed by atoms with van der Waals surface area (Å²) in [5.41, 5.74) is 2.73. The Hall–Kier alpha value is -1.30. The zero-order chi connectivity index (χ0) is 15.1. The summed E-state index contributed by atoms with van der Waals surface area (Å²) < 4.78 is 1.67. The average molecular weight is 429 g/mol. The Kier molecular flexibility index (Phi) is 3.82. The zero-order valence-electron chi connectivity index (χ0n) is 10.5. The lowest BCUT2D eigenvalue weighted by molar-refractivity contribution is -0.110. The van der Waals surface area contributed by atoms with Gasteiger partial charge >= 0.3 is 0 Å². The van der Waals surface area contributed by atoms with E-state index in [2.05, 4.69) is 37.2 Å². The first-order valence-electron chi connectivity index (χ1n) is 5.96. The van der Waals surface area contributed by atoms with Gasteiger partial charge in [-0.2, -0.15) is 0 Å². The maximum Gasteiger partial charge on any atom is 0.256 e. The normalized spacial score (nSPS) is 15.2. The Bertz CT molecular complexity index is 803. The predicted molar refractivity (Wildman–Crippen MR) is 91.5 cm³/mol. The summed E-state index contributed by atoms with van der Waals surface area (Å²) in [4.78, 5) is 12.2. The van der Waals surface area contributed by atoms with Crippen LogP contribution in [0.3, 0.4) is 0 Å². The minimum absolute atomic E-state index is 0.0870. The van der Waals surface area contributed by atoms with Gasteiger partial charge in [-0.15, -0.1) is 0 Å². The van der Waals surface area contributed by atoms with E-state index >= 15 is 0 Å². The van der Waals surface area contributed by atoms with E-state index in [4.69, 9.17) is 11.6 Å². The van der Waals surface area contributed by atoms with Crippen molar-refractivity contribution in [3.63, 3.8) is 0 Å². The third-order valence-corrected chi connectivity index (χ3v) is 4.52. The first kappa shape index (κ1) is 14.6. The molecule has 0 atom stereocenters. The molecule has 21 heavy (non-hydrogen) atoms. The topological polar surface area (TPSA) is 49.3 Å². The summed E-state index contributed by atoms with van der Waals surface area (Å²) >= 11 is 12.9. The van der Waals surface area contributed by atoms with Crippen LogP contribution in [0.1, 0.15) is 11.1 Å². The number of hydrogen-bond acceptors (Lipinski definition) is 2. The van der Waals surface area contributed by atoms with Gasteiger partial charge in [0.25, 0.3) is 5.91 Å². The molecule has 2 aromatic carbocycles.